The Bertz CT molecular complexity index is 798. The van der Waals surface area contributed by atoms with Crippen LogP contribution in [-0.2, 0) is 16.1 Å². The first-order valence-corrected chi connectivity index (χ1v) is 8.87. The zero-order chi connectivity index (χ0) is 18.5. The van der Waals surface area contributed by atoms with E-state index in [1.807, 2.05) is 55.5 Å². The molecule has 1 fully saturated rings. The number of amides is 2. The van der Waals surface area contributed by atoms with Crippen LogP contribution >= 0.6 is 12.2 Å². The van der Waals surface area contributed by atoms with Crippen molar-refractivity contribution >= 4 is 34.8 Å². The Labute approximate surface area is 157 Å². The number of likely N-dealkylation sites (N-methyl/N-ethyl adjacent to an activating group) is 1. The van der Waals surface area contributed by atoms with E-state index in [9.17, 15) is 9.59 Å². The maximum absolute atomic E-state index is 12.7. The number of hydrogen-bond donors (Lipinski definition) is 1. The predicted molar refractivity (Wildman–Crippen MR) is 103 cm³/mol. The Morgan fingerprint density at radius 3 is 2.58 bits per heavy atom. The summed E-state index contributed by atoms with van der Waals surface area (Å²) in [5.41, 5.74) is 1.50. The molecule has 1 N–H and O–H groups in total. The van der Waals surface area contributed by atoms with E-state index in [0.717, 1.165) is 5.69 Å². The molecule has 134 valence electrons. The van der Waals surface area contributed by atoms with E-state index in [-0.39, 0.29) is 18.2 Å². The average Bonchev–Trinajstić information content (AvgIpc) is 2.87. The van der Waals surface area contributed by atoms with Crippen LogP contribution in [0.15, 0.2) is 54.7 Å². The smallest absolute Gasteiger partial charge is 0.252 e. The normalized spacial score (nSPS) is 16.9. The Balaban J connectivity index is 1.76. The van der Waals surface area contributed by atoms with Crippen LogP contribution in [0.3, 0.4) is 0 Å². The minimum Gasteiger partial charge on any atom is -0.330 e. The number of para-hydroxylation sites is 1. The summed E-state index contributed by atoms with van der Waals surface area (Å²) >= 11 is 5.47. The third kappa shape index (κ3) is 3.88. The number of nitrogens with one attached hydrogen (secondary N) is 1. The number of pyridine rings is 1. The molecule has 7 heteroatoms. The largest absolute Gasteiger partial charge is 0.330 e. The number of thiocarbonyl (C=S) groups is 1. The number of nitrogens with zero attached hydrogens (tertiary/aromatic N) is 3. The lowest BCUT2D eigenvalue weighted by Gasteiger charge is -2.23. The van der Waals surface area contributed by atoms with E-state index >= 15 is 0 Å². The lowest BCUT2D eigenvalue weighted by Crippen LogP contribution is -2.37. The Kier molecular flexibility index (Phi) is 5.58. The summed E-state index contributed by atoms with van der Waals surface area (Å²) in [6.07, 6.45) is 1.74. The molecule has 2 heterocycles. The number of benzene rings is 1. The molecule has 6 nitrogen and oxygen atoms in total. The topological polar surface area (TPSA) is 65.5 Å². The van der Waals surface area contributed by atoms with Crippen LogP contribution in [0, 0.1) is 0 Å². The molecule has 2 aromatic rings. The fourth-order valence-corrected chi connectivity index (χ4v) is 3.35. The monoisotopic (exact) mass is 368 g/mol. The van der Waals surface area contributed by atoms with Crippen molar-refractivity contribution in [1.82, 2.24) is 14.8 Å². The number of anilines is 1. The average molecular weight is 368 g/mol. The molecule has 2 amide bonds. The fraction of sp³-hybridized carbons (Fsp3) is 0.263. The molecule has 0 radical (unpaired) electrons. The lowest BCUT2D eigenvalue weighted by atomic mass is 10.1. The second-order valence-corrected chi connectivity index (χ2v) is 6.31. The zero-order valence-corrected chi connectivity index (χ0v) is 15.3. The summed E-state index contributed by atoms with van der Waals surface area (Å²) in [6, 6.07) is 14.2. The first kappa shape index (κ1) is 18.0. The predicted octanol–water partition coefficient (Wildman–Crippen LogP) is 2.43. The van der Waals surface area contributed by atoms with Gasteiger partial charge in [0.05, 0.1) is 18.7 Å². The van der Waals surface area contributed by atoms with E-state index in [4.69, 9.17) is 12.2 Å². The Hall–Kier alpha value is -2.80. The molecule has 1 aliphatic rings. The van der Waals surface area contributed by atoms with Crippen LogP contribution in [0.25, 0.3) is 0 Å². The van der Waals surface area contributed by atoms with Gasteiger partial charge in [0.2, 0.25) is 5.91 Å². The van der Waals surface area contributed by atoms with Gasteiger partial charge < -0.3 is 10.2 Å². The minimum absolute atomic E-state index is 0.0389. The van der Waals surface area contributed by atoms with Gasteiger partial charge in [-0.1, -0.05) is 24.3 Å². The summed E-state index contributed by atoms with van der Waals surface area (Å²) in [5, 5.41) is 3.27. The van der Waals surface area contributed by atoms with Crippen molar-refractivity contribution in [2.75, 3.05) is 11.9 Å². The zero-order valence-electron chi connectivity index (χ0n) is 14.5. The van der Waals surface area contributed by atoms with Crippen LogP contribution in [0.5, 0.6) is 0 Å². The molecule has 0 aliphatic carbocycles. The van der Waals surface area contributed by atoms with Crippen molar-refractivity contribution in [2.45, 2.75) is 25.9 Å². The maximum atomic E-state index is 12.7. The quantitative estimate of drug-likeness (QED) is 0.794. The molecule has 0 saturated carbocycles. The van der Waals surface area contributed by atoms with Crippen molar-refractivity contribution in [3.63, 3.8) is 0 Å². The van der Waals surface area contributed by atoms with E-state index in [1.165, 1.54) is 0 Å². The molecule has 0 spiro atoms. The first-order valence-electron chi connectivity index (χ1n) is 8.47. The number of rotatable bonds is 6. The molecule has 26 heavy (non-hydrogen) atoms. The second-order valence-electron chi connectivity index (χ2n) is 5.95. The molecular formula is C19H20N4O2S. The summed E-state index contributed by atoms with van der Waals surface area (Å²) in [5.74, 6) is -0.363. The highest BCUT2D eigenvalue weighted by molar-refractivity contribution is 7.80. The van der Waals surface area contributed by atoms with Gasteiger partial charge >= 0.3 is 0 Å². The van der Waals surface area contributed by atoms with Gasteiger partial charge in [0.25, 0.3) is 5.91 Å². The lowest BCUT2D eigenvalue weighted by molar-refractivity contribution is -0.130. The van der Waals surface area contributed by atoms with Crippen molar-refractivity contribution in [2.24, 2.45) is 0 Å². The third-order valence-electron chi connectivity index (χ3n) is 4.21. The highest BCUT2D eigenvalue weighted by Crippen LogP contribution is 2.23. The van der Waals surface area contributed by atoms with E-state index in [0.29, 0.717) is 23.9 Å². The van der Waals surface area contributed by atoms with Crippen LogP contribution in [0.2, 0.25) is 0 Å². The molecule has 0 bridgehead atoms. The van der Waals surface area contributed by atoms with Crippen LogP contribution in [0.1, 0.15) is 19.0 Å². The van der Waals surface area contributed by atoms with Gasteiger partial charge in [-0.15, -0.1) is 0 Å². The van der Waals surface area contributed by atoms with E-state index < -0.39 is 6.04 Å². The van der Waals surface area contributed by atoms with Crippen LogP contribution < -0.4 is 5.32 Å². The fourth-order valence-electron chi connectivity index (χ4n) is 2.94. The van der Waals surface area contributed by atoms with Crippen LogP contribution in [0.4, 0.5) is 5.69 Å². The third-order valence-corrected chi connectivity index (χ3v) is 4.67. The first-order chi connectivity index (χ1) is 12.6. The van der Waals surface area contributed by atoms with Gasteiger partial charge in [-0.05, 0) is 43.4 Å². The van der Waals surface area contributed by atoms with Gasteiger partial charge in [0.15, 0.2) is 5.11 Å². The van der Waals surface area contributed by atoms with Gasteiger partial charge in [-0.25, -0.2) is 0 Å². The second kappa shape index (κ2) is 8.05. The Morgan fingerprint density at radius 1 is 1.19 bits per heavy atom. The highest BCUT2D eigenvalue weighted by Gasteiger charge is 2.42. The summed E-state index contributed by atoms with van der Waals surface area (Å²) in [4.78, 5) is 32.8. The maximum Gasteiger partial charge on any atom is 0.252 e. The Morgan fingerprint density at radius 2 is 1.92 bits per heavy atom. The highest BCUT2D eigenvalue weighted by atomic mass is 32.1. The van der Waals surface area contributed by atoms with Crippen molar-refractivity contribution < 1.29 is 9.59 Å². The van der Waals surface area contributed by atoms with Gasteiger partial charge in [-0.3, -0.25) is 19.5 Å². The summed E-state index contributed by atoms with van der Waals surface area (Å²) < 4.78 is 0. The molecule has 3 rings (SSSR count). The van der Waals surface area contributed by atoms with Gasteiger partial charge in [-0.2, -0.15) is 0 Å². The molecule has 1 aromatic heterocycles. The summed E-state index contributed by atoms with van der Waals surface area (Å²) in [6.45, 7) is 2.74. The number of carbonyl (C=O) groups is 2. The number of carbonyl (C=O) groups excluding carboxylic acids is 2. The molecule has 0 unspecified atom stereocenters. The molecule has 1 aliphatic heterocycles. The number of hydrogen-bond acceptors (Lipinski definition) is 4. The van der Waals surface area contributed by atoms with E-state index in [2.05, 4.69) is 10.3 Å². The molecule has 1 aromatic carbocycles. The molecule has 1 saturated heterocycles. The van der Waals surface area contributed by atoms with Gasteiger partial charge in [0.1, 0.15) is 6.04 Å². The van der Waals surface area contributed by atoms with Crippen molar-refractivity contribution in [1.29, 1.82) is 0 Å². The van der Waals surface area contributed by atoms with E-state index in [1.54, 1.807) is 16.0 Å². The molecular weight excluding hydrogens is 348 g/mol. The minimum atomic E-state index is -0.617. The number of aromatic nitrogens is 1. The molecule has 1 atom stereocenters. The summed E-state index contributed by atoms with van der Waals surface area (Å²) in [7, 11) is 0. The van der Waals surface area contributed by atoms with Crippen molar-refractivity contribution in [3.05, 3.63) is 60.4 Å². The van der Waals surface area contributed by atoms with Crippen LogP contribution in [-0.4, -0.2) is 44.3 Å². The van der Waals surface area contributed by atoms with Gasteiger partial charge in [0, 0.05) is 18.4 Å². The van der Waals surface area contributed by atoms with Crippen molar-refractivity contribution in [3.8, 4) is 0 Å². The standard InChI is InChI=1S/C19H20N4O2S/c1-2-22-18(25)16(12-17(24)21-14-8-4-3-5-9-14)23(19(22)26)13-15-10-6-7-11-20-15/h3-11,16H,2,12-13H2,1H3,(H,21,24)/t16-/m0/s1. The SMILES string of the molecule is CCN1C(=O)[C@H](CC(=O)Nc2ccccc2)N(Cc2ccccn2)C1=S.